The van der Waals surface area contributed by atoms with Crippen molar-refractivity contribution in [2.24, 2.45) is 0 Å². The van der Waals surface area contributed by atoms with E-state index in [0.29, 0.717) is 17.8 Å². The molecule has 2 rings (SSSR count). The highest BCUT2D eigenvalue weighted by atomic mass is 16.5. The van der Waals surface area contributed by atoms with Crippen LogP contribution in [0.5, 0.6) is 0 Å². The molecule has 1 saturated carbocycles. The van der Waals surface area contributed by atoms with Crippen LogP contribution in [-0.2, 0) is 16.0 Å². The zero-order valence-corrected chi connectivity index (χ0v) is 12.2. The quantitative estimate of drug-likeness (QED) is 0.864. The lowest BCUT2D eigenvalue weighted by molar-refractivity contribution is -0.120. The minimum Gasteiger partial charge on any atom is -0.365 e. The van der Waals surface area contributed by atoms with Gasteiger partial charge in [0.1, 0.15) is 6.10 Å². The number of aromatic nitrogens is 2. The lowest BCUT2D eigenvalue weighted by Crippen LogP contribution is -2.21. The number of hydrogen-bond acceptors (Lipinski definition) is 5. The molecule has 112 valence electrons. The normalized spacial score (nSPS) is 17.9. The van der Waals surface area contributed by atoms with Crippen molar-refractivity contribution in [2.75, 3.05) is 7.05 Å². The third-order valence-corrected chi connectivity index (χ3v) is 3.64. The summed E-state index contributed by atoms with van der Waals surface area (Å²) in [6.07, 6.45) is 7.03. The van der Waals surface area contributed by atoms with Crippen molar-refractivity contribution in [2.45, 2.75) is 64.1 Å². The molecule has 1 aliphatic rings. The van der Waals surface area contributed by atoms with Gasteiger partial charge in [-0.1, -0.05) is 31.3 Å². The molecular weight excluding hydrogens is 258 g/mol. The fourth-order valence-electron chi connectivity index (χ4n) is 2.46. The molecule has 1 atom stereocenters. The Labute approximate surface area is 119 Å². The molecule has 1 aromatic rings. The summed E-state index contributed by atoms with van der Waals surface area (Å²) in [6, 6.07) is 0. The number of nitrogens with zero attached hydrogens (tertiary/aromatic N) is 2. The number of hydrogen-bond donors (Lipinski definition) is 1. The summed E-state index contributed by atoms with van der Waals surface area (Å²) in [5, 5.41) is 6.38. The van der Waals surface area contributed by atoms with Gasteiger partial charge in [0, 0.05) is 7.05 Å². The maximum Gasteiger partial charge on any atom is 0.255 e. The number of amides is 1. The number of ether oxygens (including phenoxy) is 1. The molecule has 1 unspecified atom stereocenters. The molecule has 0 saturated heterocycles. The molecule has 0 aromatic carbocycles. The molecule has 0 spiro atoms. The third kappa shape index (κ3) is 4.03. The summed E-state index contributed by atoms with van der Waals surface area (Å²) < 4.78 is 11.3. The zero-order chi connectivity index (χ0) is 14.4. The topological polar surface area (TPSA) is 77.2 Å². The van der Waals surface area contributed by atoms with Crippen LogP contribution < -0.4 is 5.32 Å². The van der Waals surface area contributed by atoms with Gasteiger partial charge in [0.2, 0.25) is 5.91 Å². The summed E-state index contributed by atoms with van der Waals surface area (Å²) in [4.78, 5) is 15.6. The average Bonchev–Trinajstić information content (AvgIpc) is 2.94. The molecule has 1 aromatic heterocycles. The highest BCUT2D eigenvalue weighted by molar-refractivity contribution is 5.77. The average molecular weight is 281 g/mol. The van der Waals surface area contributed by atoms with Crippen molar-refractivity contribution >= 4 is 5.91 Å². The lowest BCUT2D eigenvalue weighted by atomic mass is 9.97. The molecule has 6 heteroatoms. The van der Waals surface area contributed by atoms with Crippen LogP contribution >= 0.6 is 0 Å². The molecule has 1 N–H and O–H groups in total. The maximum atomic E-state index is 11.3. The molecule has 1 heterocycles. The van der Waals surface area contributed by atoms with Gasteiger partial charge in [0.25, 0.3) is 5.89 Å². The van der Waals surface area contributed by atoms with Crippen molar-refractivity contribution in [3.8, 4) is 0 Å². The highest BCUT2D eigenvalue weighted by Gasteiger charge is 2.24. The smallest absolute Gasteiger partial charge is 0.255 e. The van der Waals surface area contributed by atoms with Crippen molar-refractivity contribution in [3.63, 3.8) is 0 Å². The van der Waals surface area contributed by atoms with E-state index < -0.39 is 0 Å². The van der Waals surface area contributed by atoms with Crippen LogP contribution in [0.25, 0.3) is 0 Å². The number of carbonyl (C=O) groups excluding carboxylic acids is 1. The first-order chi connectivity index (χ1) is 9.72. The second-order valence-electron chi connectivity index (χ2n) is 5.19. The Hall–Kier alpha value is -1.43. The van der Waals surface area contributed by atoms with Crippen LogP contribution in [0.3, 0.4) is 0 Å². The van der Waals surface area contributed by atoms with Gasteiger partial charge in [-0.3, -0.25) is 4.79 Å². The Morgan fingerprint density at radius 3 is 2.85 bits per heavy atom. The van der Waals surface area contributed by atoms with E-state index in [9.17, 15) is 4.79 Å². The first-order valence-corrected chi connectivity index (χ1v) is 7.41. The van der Waals surface area contributed by atoms with E-state index in [1.54, 1.807) is 7.05 Å². The van der Waals surface area contributed by atoms with Crippen molar-refractivity contribution < 1.29 is 14.1 Å². The molecule has 0 bridgehead atoms. The van der Waals surface area contributed by atoms with Gasteiger partial charge in [-0.15, -0.1) is 0 Å². The fourth-order valence-corrected chi connectivity index (χ4v) is 2.46. The van der Waals surface area contributed by atoms with Crippen LogP contribution in [0.4, 0.5) is 0 Å². The molecule has 6 nitrogen and oxygen atoms in total. The fraction of sp³-hybridized carbons (Fsp3) is 0.786. The summed E-state index contributed by atoms with van der Waals surface area (Å²) in [6.45, 7) is 2.04. The molecule has 1 amide bonds. The molecule has 1 aliphatic carbocycles. The summed E-state index contributed by atoms with van der Waals surface area (Å²) >= 11 is 0. The van der Waals surface area contributed by atoms with Crippen LogP contribution in [0, 0.1) is 0 Å². The monoisotopic (exact) mass is 281 g/mol. The summed E-state index contributed by atoms with van der Waals surface area (Å²) in [5.41, 5.74) is 0. The standard InChI is InChI=1S/C14H23N3O3/c1-3-11(19-10-7-5-4-6-8-10)14-16-12(17-20-14)9-13(18)15-2/h10-11H,3-9H2,1-2H3,(H,15,18). The van der Waals surface area contributed by atoms with E-state index in [0.717, 1.165) is 19.3 Å². The molecule has 0 aliphatic heterocycles. The van der Waals surface area contributed by atoms with Crippen LogP contribution in [-0.4, -0.2) is 29.2 Å². The molecular formula is C14H23N3O3. The minimum atomic E-state index is -0.163. The number of likely N-dealkylation sites (N-methyl/N-ethyl adjacent to an activating group) is 1. The Kier molecular flexibility index (Phi) is 5.52. The van der Waals surface area contributed by atoms with E-state index in [1.807, 2.05) is 6.92 Å². The van der Waals surface area contributed by atoms with Crippen LogP contribution in [0.15, 0.2) is 4.52 Å². The van der Waals surface area contributed by atoms with Crippen molar-refractivity contribution in [1.29, 1.82) is 0 Å². The summed E-state index contributed by atoms with van der Waals surface area (Å²) in [5.74, 6) is 0.764. The first-order valence-electron chi connectivity index (χ1n) is 7.41. The van der Waals surface area contributed by atoms with Crippen molar-refractivity contribution in [1.82, 2.24) is 15.5 Å². The van der Waals surface area contributed by atoms with E-state index >= 15 is 0 Å². The molecule has 0 radical (unpaired) electrons. The van der Waals surface area contributed by atoms with Gasteiger partial charge >= 0.3 is 0 Å². The van der Waals surface area contributed by atoms with Gasteiger partial charge in [-0.05, 0) is 19.3 Å². The molecule has 20 heavy (non-hydrogen) atoms. The highest BCUT2D eigenvalue weighted by Crippen LogP contribution is 2.28. The minimum absolute atomic E-state index is 0.126. The predicted molar refractivity (Wildman–Crippen MR) is 73.1 cm³/mol. The second-order valence-corrected chi connectivity index (χ2v) is 5.19. The van der Waals surface area contributed by atoms with Gasteiger partial charge in [0.05, 0.1) is 12.5 Å². The predicted octanol–water partition coefficient (Wildman–Crippen LogP) is 2.16. The Bertz CT molecular complexity index is 427. The van der Waals surface area contributed by atoms with E-state index in [4.69, 9.17) is 9.26 Å². The largest absolute Gasteiger partial charge is 0.365 e. The Balaban J connectivity index is 1.94. The third-order valence-electron chi connectivity index (χ3n) is 3.64. The van der Waals surface area contributed by atoms with Gasteiger partial charge in [0.15, 0.2) is 5.82 Å². The van der Waals surface area contributed by atoms with E-state index in [1.165, 1.54) is 19.3 Å². The van der Waals surface area contributed by atoms with E-state index in [2.05, 4.69) is 15.5 Å². The van der Waals surface area contributed by atoms with Crippen molar-refractivity contribution in [3.05, 3.63) is 11.7 Å². The number of rotatable bonds is 6. The SMILES string of the molecule is CCC(OC1CCCCC1)c1nc(CC(=O)NC)no1. The van der Waals surface area contributed by atoms with Crippen LogP contribution in [0.2, 0.25) is 0 Å². The van der Waals surface area contributed by atoms with Crippen LogP contribution in [0.1, 0.15) is 63.3 Å². The molecule has 1 fully saturated rings. The zero-order valence-electron chi connectivity index (χ0n) is 12.2. The van der Waals surface area contributed by atoms with Gasteiger partial charge < -0.3 is 14.6 Å². The Morgan fingerprint density at radius 1 is 1.45 bits per heavy atom. The first kappa shape index (κ1) is 15.0. The number of nitrogens with one attached hydrogen (secondary N) is 1. The van der Waals surface area contributed by atoms with Gasteiger partial charge in [-0.2, -0.15) is 4.98 Å². The lowest BCUT2D eigenvalue weighted by Gasteiger charge is -2.25. The van der Waals surface area contributed by atoms with Gasteiger partial charge in [-0.25, -0.2) is 0 Å². The second kappa shape index (κ2) is 7.38. The van der Waals surface area contributed by atoms with E-state index in [-0.39, 0.29) is 18.4 Å². The Morgan fingerprint density at radius 2 is 2.20 bits per heavy atom. The maximum absolute atomic E-state index is 11.3. The number of carbonyl (C=O) groups is 1. The summed E-state index contributed by atoms with van der Waals surface area (Å²) in [7, 11) is 1.59.